The Bertz CT molecular complexity index is 1680. The number of amides is 1. The van der Waals surface area contributed by atoms with Crippen molar-refractivity contribution in [3.8, 4) is 11.5 Å². The summed E-state index contributed by atoms with van der Waals surface area (Å²) in [7, 11) is 3.21. The number of aromatic nitrogens is 2. The number of anilines is 1. The highest BCUT2D eigenvalue weighted by Gasteiger charge is 2.38. The highest BCUT2D eigenvalue weighted by Crippen LogP contribution is 2.41. The molecule has 0 saturated heterocycles. The maximum atomic E-state index is 12.8. The molecule has 1 heterocycles. The number of methoxy groups -OCH3 is 2. The number of carbonyl (C=O) groups excluding carboxylic acids is 1. The Labute approximate surface area is 255 Å². The molecule has 0 fully saturated rings. The van der Waals surface area contributed by atoms with Crippen LogP contribution in [0.5, 0.6) is 11.5 Å². The lowest BCUT2D eigenvalue weighted by atomic mass is 9.80. The van der Waals surface area contributed by atoms with Crippen LogP contribution in [0.4, 0.5) is 5.82 Å². The van der Waals surface area contributed by atoms with Crippen LogP contribution in [0.25, 0.3) is 0 Å². The Morgan fingerprint density at radius 2 is 1.32 bits per heavy atom. The highest BCUT2D eigenvalue weighted by molar-refractivity contribution is 6.03. The molecule has 9 heteroatoms. The van der Waals surface area contributed by atoms with E-state index in [2.05, 4.69) is 10.3 Å². The first-order chi connectivity index (χ1) is 21.4. The molecule has 2 N–H and O–H groups in total. The van der Waals surface area contributed by atoms with E-state index in [-0.39, 0.29) is 24.9 Å². The molecule has 0 aliphatic rings. The van der Waals surface area contributed by atoms with Crippen LogP contribution in [0, 0.1) is 0 Å². The standard InChI is InChI=1S/C35H33N3O6/c1-42-30-17-13-27(14-18-30)35(26-11-7-4-8-12-26,28-15-19-31(43-2)20-16-28)44-24-29(39)23-38-22-21-32(37-34(38)41)36-33(40)25-9-5-3-6-10-25/h3-22,29,39H,23-24H2,1-2H3,(H,36,37,40,41)/t29-/m1/s1. The van der Waals surface area contributed by atoms with E-state index in [1.165, 1.54) is 16.8 Å². The molecule has 0 aliphatic heterocycles. The Morgan fingerprint density at radius 1 is 0.795 bits per heavy atom. The van der Waals surface area contributed by atoms with Crippen molar-refractivity contribution in [3.63, 3.8) is 0 Å². The van der Waals surface area contributed by atoms with Crippen molar-refractivity contribution in [2.24, 2.45) is 0 Å². The molecule has 1 aromatic heterocycles. The van der Waals surface area contributed by atoms with Gasteiger partial charge >= 0.3 is 5.69 Å². The molecule has 0 radical (unpaired) electrons. The van der Waals surface area contributed by atoms with Gasteiger partial charge in [0.1, 0.15) is 22.9 Å². The van der Waals surface area contributed by atoms with Gasteiger partial charge in [0.2, 0.25) is 0 Å². The summed E-state index contributed by atoms with van der Waals surface area (Å²) in [5.41, 5.74) is 1.20. The number of aliphatic hydroxyl groups is 1. The van der Waals surface area contributed by atoms with Gasteiger partial charge in [-0.2, -0.15) is 4.98 Å². The van der Waals surface area contributed by atoms with Gasteiger partial charge < -0.3 is 24.6 Å². The smallest absolute Gasteiger partial charge is 0.349 e. The number of aliphatic hydroxyl groups excluding tert-OH is 1. The van der Waals surface area contributed by atoms with E-state index in [4.69, 9.17) is 14.2 Å². The SMILES string of the molecule is COc1ccc(C(OC[C@H](O)Cn2ccc(NC(=O)c3ccccc3)nc2=O)(c2ccccc2)c2ccc(OC)cc2)cc1. The van der Waals surface area contributed by atoms with Gasteiger partial charge in [-0.25, -0.2) is 4.79 Å². The second-order valence-electron chi connectivity index (χ2n) is 10.0. The summed E-state index contributed by atoms with van der Waals surface area (Å²) in [6.45, 7) is -0.194. The first kappa shape index (κ1) is 30.2. The number of nitrogens with one attached hydrogen (secondary N) is 1. The topological polar surface area (TPSA) is 112 Å². The second-order valence-corrected chi connectivity index (χ2v) is 10.0. The molecule has 5 aromatic rings. The lowest BCUT2D eigenvalue weighted by Gasteiger charge is -2.36. The van der Waals surface area contributed by atoms with Crippen LogP contribution in [0.15, 0.2) is 126 Å². The maximum absolute atomic E-state index is 12.8. The monoisotopic (exact) mass is 591 g/mol. The van der Waals surface area contributed by atoms with Crippen LogP contribution >= 0.6 is 0 Å². The van der Waals surface area contributed by atoms with Crippen molar-refractivity contribution in [2.45, 2.75) is 18.2 Å². The number of ether oxygens (including phenoxy) is 3. The number of rotatable bonds is 12. The zero-order valence-corrected chi connectivity index (χ0v) is 24.4. The number of nitrogens with zero attached hydrogens (tertiary/aromatic N) is 2. The Morgan fingerprint density at radius 3 is 1.84 bits per heavy atom. The molecule has 1 atom stereocenters. The van der Waals surface area contributed by atoms with E-state index in [9.17, 15) is 14.7 Å². The van der Waals surface area contributed by atoms with Gasteiger partial charge in [-0.1, -0.05) is 72.8 Å². The predicted molar refractivity (Wildman–Crippen MR) is 167 cm³/mol. The summed E-state index contributed by atoms with van der Waals surface area (Å²) in [6.07, 6.45) is 0.412. The average Bonchev–Trinajstić information content (AvgIpc) is 3.07. The van der Waals surface area contributed by atoms with Gasteiger partial charge in [0.25, 0.3) is 5.91 Å². The van der Waals surface area contributed by atoms with Crippen molar-refractivity contribution >= 4 is 11.7 Å². The van der Waals surface area contributed by atoms with Crippen LogP contribution in [0.3, 0.4) is 0 Å². The quantitative estimate of drug-likeness (QED) is 0.199. The van der Waals surface area contributed by atoms with Crippen LogP contribution in [-0.4, -0.2) is 47.5 Å². The number of carbonyl (C=O) groups is 1. The minimum absolute atomic E-state index is 0.0746. The molecule has 0 bridgehead atoms. The number of hydrogen-bond acceptors (Lipinski definition) is 7. The lowest BCUT2D eigenvalue weighted by Crippen LogP contribution is -2.38. The van der Waals surface area contributed by atoms with Crippen LogP contribution < -0.4 is 20.5 Å². The van der Waals surface area contributed by atoms with Crippen molar-refractivity contribution in [3.05, 3.63) is 154 Å². The summed E-state index contributed by atoms with van der Waals surface area (Å²) in [5.74, 6) is 1.13. The third-order valence-corrected chi connectivity index (χ3v) is 7.22. The van der Waals surface area contributed by atoms with E-state index >= 15 is 0 Å². The van der Waals surface area contributed by atoms with Crippen molar-refractivity contribution in [1.82, 2.24) is 9.55 Å². The second kappa shape index (κ2) is 13.8. The fraction of sp³-hybridized carbons (Fsp3) is 0.171. The predicted octanol–water partition coefficient (Wildman–Crippen LogP) is 4.88. The maximum Gasteiger partial charge on any atom is 0.349 e. The molecule has 224 valence electrons. The van der Waals surface area contributed by atoms with Gasteiger partial charge in [0, 0.05) is 11.8 Å². The van der Waals surface area contributed by atoms with Crippen molar-refractivity contribution in [2.75, 3.05) is 26.1 Å². The zero-order valence-electron chi connectivity index (χ0n) is 24.4. The Balaban J connectivity index is 1.41. The third kappa shape index (κ3) is 6.70. The molecule has 9 nitrogen and oxygen atoms in total. The fourth-order valence-corrected chi connectivity index (χ4v) is 4.99. The summed E-state index contributed by atoms with van der Waals surface area (Å²) < 4.78 is 18.8. The molecule has 4 aromatic carbocycles. The minimum atomic E-state index is -1.12. The van der Waals surface area contributed by atoms with Gasteiger partial charge in [-0.05, 0) is 59.2 Å². The van der Waals surface area contributed by atoms with Gasteiger partial charge in [0.15, 0.2) is 0 Å². The van der Waals surface area contributed by atoms with Gasteiger partial charge in [-0.3, -0.25) is 9.36 Å². The number of benzene rings is 4. The van der Waals surface area contributed by atoms with Crippen molar-refractivity contribution in [1.29, 1.82) is 0 Å². The first-order valence-corrected chi connectivity index (χ1v) is 14.0. The average molecular weight is 592 g/mol. The molecule has 5 rings (SSSR count). The molecular formula is C35H33N3O6. The molecule has 0 saturated carbocycles. The van der Waals surface area contributed by atoms with Crippen LogP contribution in [0.2, 0.25) is 0 Å². The van der Waals surface area contributed by atoms with Crippen molar-refractivity contribution < 1.29 is 24.1 Å². The summed E-state index contributed by atoms with van der Waals surface area (Å²) in [5, 5.41) is 13.8. The normalized spacial score (nSPS) is 11.9. The summed E-state index contributed by atoms with van der Waals surface area (Å²) >= 11 is 0. The molecule has 1 amide bonds. The lowest BCUT2D eigenvalue weighted by molar-refractivity contribution is -0.0426. The first-order valence-electron chi connectivity index (χ1n) is 14.0. The largest absolute Gasteiger partial charge is 0.497 e. The summed E-state index contributed by atoms with van der Waals surface area (Å²) in [6, 6.07) is 35.0. The molecular weight excluding hydrogens is 558 g/mol. The highest BCUT2D eigenvalue weighted by atomic mass is 16.5. The van der Waals surface area contributed by atoms with Gasteiger partial charge in [0.05, 0.1) is 33.5 Å². The molecule has 0 aliphatic carbocycles. The summed E-state index contributed by atoms with van der Waals surface area (Å²) in [4.78, 5) is 29.2. The van der Waals surface area contributed by atoms with E-state index < -0.39 is 17.4 Å². The van der Waals surface area contributed by atoms with Crippen LogP contribution in [0.1, 0.15) is 27.0 Å². The minimum Gasteiger partial charge on any atom is -0.497 e. The zero-order chi connectivity index (χ0) is 30.9. The molecule has 0 unspecified atom stereocenters. The Kier molecular flexibility index (Phi) is 9.49. The third-order valence-electron chi connectivity index (χ3n) is 7.22. The van der Waals surface area contributed by atoms with Crippen LogP contribution in [-0.2, 0) is 16.9 Å². The number of hydrogen-bond donors (Lipinski definition) is 2. The van der Waals surface area contributed by atoms with E-state index in [1.807, 2.05) is 84.9 Å². The molecule has 0 spiro atoms. The van der Waals surface area contributed by atoms with E-state index in [0.29, 0.717) is 17.1 Å². The fourth-order valence-electron chi connectivity index (χ4n) is 4.99. The Hall–Kier alpha value is -5.25. The van der Waals surface area contributed by atoms with E-state index in [0.717, 1.165) is 16.7 Å². The van der Waals surface area contributed by atoms with Gasteiger partial charge in [-0.15, -0.1) is 0 Å². The molecule has 44 heavy (non-hydrogen) atoms. The van der Waals surface area contributed by atoms with E-state index in [1.54, 1.807) is 38.5 Å².